The minimum atomic E-state index is -0.292. The molecule has 0 saturated carbocycles. The summed E-state index contributed by atoms with van der Waals surface area (Å²) in [6, 6.07) is 2.49. The first kappa shape index (κ1) is 20.6. The van der Waals surface area contributed by atoms with Crippen molar-refractivity contribution in [2.24, 2.45) is 5.92 Å². The summed E-state index contributed by atoms with van der Waals surface area (Å²) in [5, 5.41) is 10.1. The molecule has 0 N–H and O–H groups in total. The summed E-state index contributed by atoms with van der Waals surface area (Å²) >= 11 is 0. The number of anilines is 1. The lowest BCUT2D eigenvalue weighted by molar-refractivity contribution is -0.134. The maximum Gasteiger partial charge on any atom is 0.225 e. The molecule has 28 heavy (non-hydrogen) atoms. The first-order chi connectivity index (χ1) is 13.1. The van der Waals surface area contributed by atoms with Crippen molar-refractivity contribution in [3.63, 3.8) is 0 Å². The second-order valence-electron chi connectivity index (χ2n) is 9.10. The van der Waals surface area contributed by atoms with Crippen LogP contribution in [-0.2, 0) is 22.6 Å². The lowest BCUT2D eigenvalue weighted by Gasteiger charge is -2.39. The molecule has 0 aromatic carbocycles. The van der Waals surface area contributed by atoms with Crippen LogP contribution in [0.1, 0.15) is 70.0 Å². The topological polar surface area (TPSA) is 69.5 Å². The van der Waals surface area contributed by atoms with E-state index in [4.69, 9.17) is 9.72 Å². The fourth-order valence-corrected chi connectivity index (χ4v) is 4.09. The Bertz CT molecular complexity index is 800. The maximum atomic E-state index is 12.3. The number of carbonyl (C=O) groups excluding carboxylic acids is 1. The number of nitrogens with zero attached hydrogens (tertiary/aromatic N) is 4. The fourth-order valence-electron chi connectivity index (χ4n) is 4.09. The third-order valence-corrected chi connectivity index (χ3v) is 5.65. The van der Waals surface area contributed by atoms with E-state index in [2.05, 4.69) is 38.7 Å². The van der Waals surface area contributed by atoms with Crippen LogP contribution < -0.4 is 4.90 Å². The lowest BCUT2D eigenvalue weighted by Crippen LogP contribution is -2.50. The van der Waals surface area contributed by atoms with E-state index in [9.17, 15) is 10.1 Å². The summed E-state index contributed by atoms with van der Waals surface area (Å²) in [7, 11) is 0. The van der Waals surface area contributed by atoms with Gasteiger partial charge in [-0.3, -0.25) is 9.78 Å². The van der Waals surface area contributed by atoms with Crippen molar-refractivity contribution < 1.29 is 9.53 Å². The van der Waals surface area contributed by atoms with Crippen LogP contribution in [0.15, 0.2) is 0 Å². The number of rotatable bonds is 3. The predicted octanol–water partition coefficient (Wildman–Crippen LogP) is 3.23. The molecule has 3 heterocycles. The third kappa shape index (κ3) is 3.86. The number of nitriles is 1. The molecule has 0 radical (unpaired) electrons. The van der Waals surface area contributed by atoms with Crippen molar-refractivity contribution in [1.82, 2.24) is 9.88 Å². The van der Waals surface area contributed by atoms with Gasteiger partial charge in [0, 0.05) is 38.5 Å². The number of pyridine rings is 1. The molecule has 0 spiro atoms. The van der Waals surface area contributed by atoms with Gasteiger partial charge in [-0.15, -0.1) is 0 Å². The molecule has 6 nitrogen and oxygen atoms in total. The minimum absolute atomic E-state index is 0.0140. The first-order valence-corrected chi connectivity index (χ1v) is 10.3. The van der Waals surface area contributed by atoms with E-state index in [1.165, 1.54) is 0 Å². The van der Waals surface area contributed by atoms with E-state index in [0.717, 1.165) is 41.3 Å². The van der Waals surface area contributed by atoms with E-state index < -0.39 is 0 Å². The summed E-state index contributed by atoms with van der Waals surface area (Å²) in [5.74, 6) is 0.421. The maximum absolute atomic E-state index is 12.3. The SMILES string of the molecule is CC(C)C(=O)N1CCN(c2c(C(C)C)nc3c(c2C#N)CC(C)(C)OC3)CC1. The largest absolute Gasteiger partial charge is 0.369 e. The van der Waals surface area contributed by atoms with Gasteiger partial charge in [0.05, 0.1) is 34.8 Å². The van der Waals surface area contributed by atoms with Crippen LogP contribution in [0.3, 0.4) is 0 Å². The van der Waals surface area contributed by atoms with Gasteiger partial charge in [0.2, 0.25) is 5.91 Å². The summed E-state index contributed by atoms with van der Waals surface area (Å²) in [6.07, 6.45) is 0.690. The molecule has 0 aliphatic carbocycles. The molecule has 0 atom stereocenters. The van der Waals surface area contributed by atoms with Gasteiger partial charge in [-0.2, -0.15) is 5.26 Å². The molecular formula is C22H32N4O2. The smallest absolute Gasteiger partial charge is 0.225 e. The monoisotopic (exact) mass is 384 g/mol. The number of hydrogen-bond acceptors (Lipinski definition) is 5. The van der Waals surface area contributed by atoms with Gasteiger partial charge in [-0.1, -0.05) is 27.7 Å². The Kier molecular flexibility index (Phi) is 5.67. The Balaban J connectivity index is 1.99. The summed E-state index contributed by atoms with van der Waals surface area (Å²) in [4.78, 5) is 21.5. The number of ether oxygens (including phenoxy) is 1. The summed E-state index contributed by atoms with van der Waals surface area (Å²) < 4.78 is 5.94. The highest BCUT2D eigenvalue weighted by molar-refractivity contribution is 5.78. The molecule has 1 aromatic heterocycles. The Morgan fingerprint density at radius 1 is 1.18 bits per heavy atom. The molecule has 2 aliphatic rings. The zero-order chi connectivity index (χ0) is 20.6. The fraction of sp³-hybridized carbons (Fsp3) is 0.682. The van der Waals surface area contributed by atoms with Gasteiger partial charge in [0.25, 0.3) is 0 Å². The average Bonchev–Trinajstić information content (AvgIpc) is 2.65. The Hall–Kier alpha value is -2.13. The van der Waals surface area contributed by atoms with E-state index in [-0.39, 0.29) is 23.3 Å². The van der Waals surface area contributed by atoms with Gasteiger partial charge in [-0.25, -0.2) is 0 Å². The second kappa shape index (κ2) is 7.71. The van der Waals surface area contributed by atoms with E-state index in [1.54, 1.807) is 0 Å². The molecule has 0 unspecified atom stereocenters. The van der Waals surface area contributed by atoms with Crippen molar-refractivity contribution in [2.75, 3.05) is 31.1 Å². The van der Waals surface area contributed by atoms with Gasteiger partial charge >= 0.3 is 0 Å². The molecule has 1 amide bonds. The highest BCUT2D eigenvalue weighted by Gasteiger charge is 2.34. The molecule has 1 aromatic rings. The van der Waals surface area contributed by atoms with E-state index >= 15 is 0 Å². The second-order valence-corrected chi connectivity index (χ2v) is 9.10. The quantitative estimate of drug-likeness (QED) is 0.800. The number of carbonyl (C=O) groups is 1. The molecule has 152 valence electrons. The normalized spacial score (nSPS) is 19.0. The van der Waals surface area contributed by atoms with Crippen molar-refractivity contribution in [3.05, 3.63) is 22.5 Å². The van der Waals surface area contributed by atoms with Crippen LogP contribution in [0.2, 0.25) is 0 Å². The summed E-state index contributed by atoms with van der Waals surface area (Å²) in [6.45, 7) is 15.5. The van der Waals surface area contributed by atoms with Crippen LogP contribution in [0.25, 0.3) is 0 Å². The molecule has 1 fully saturated rings. The number of piperazine rings is 1. The Morgan fingerprint density at radius 3 is 2.36 bits per heavy atom. The lowest BCUT2D eigenvalue weighted by atomic mass is 9.88. The number of fused-ring (bicyclic) bond motifs is 1. The molecular weight excluding hydrogens is 352 g/mol. The molecule has 3 rings (SSSR count). The van der Waals surface area contributed by atoms with Gasteiger partial charge in [0.15, 0.2) is 0 Å². The van der Waals surface area contributed by atoms with Gasteiger partial charge in [0.1, 0.15) is 6.07 Å². The highest BCUT2D eigenvalue weighted by atomic mass is 16.5. The number of aromatic nitrogens is 1. The van der Waals surface area contributed by atoms with Crippen LogP contribution in [0.4, 0.5) is 5.69 Å². The minimum Gasteiger partial charge on any atom is -0.369 e. The van der Waals surface area contributed by atoms with Crippen LogP contribution in [0, 0.1) is 17.2 Å². The molecule has 1 saturated heterocycles. The van der Waals surface area contributed by atoms with E-state index in [0.29, 0.717) is 26.1 Å². The highest BCUT2D eigenvalue weighted by Crippen LogP contribution is 2.38. The number of amides is 1. The summed E-state index contributed by atoms with van der Waals surface area (Å²) in [5.41, 5.74) is 4.30. The van der Waals surface area contributed by atoms with Crippen LogP contribution in [0.5, 0.6) is 0 Å². The number of hydrogen-bond donors (Lipinski definition) is 0. The zero-order valence-corrected chi connectivity index (χ0v) is 18.0. The average molecular weight is 385 g/mol. The predicted molar refractivity (Wildman–Crippen MR) is 109 cm³/mol. The van der Waals surface area contributed by atoms with Gasteiger partial charge < -0.3 is 14.5 Å². The van der Waals surface area contributed by atoms with Crippen molar-refractivity contribution in [2.45, 2.75) is 66.1 Å². The Morgan fingerprint density at radius 2 is 1.82 bits per heavy atom. The van der Waals surface area contributed by atoms with Crippen molar-refractivity contribution in [1.29, 1.82) is 5.26 Å². The van der Waals surface area contributed by atoms with Gasteiger partial charge in [-0.05, 0) is 25.3 Å². The molecule has 6 heteroatoms. The first-order valence-electron chi connectivity index (χ1n) is 10.3. The van der Waals surface area contributed by atoms with Crippen LogP contribution in [-0.4, -0.2) is 47.6 Å². The van der Waals surface area contributed by atoms with Crippen molar-refractivity contribution >= 4 is 11.6 Å². The van der Waals surface area contributed by atoms with Crippen molar-refractivity contribution in [3.8, 4) is 6.07 Å². The third-order valence-electron chi connectivity index (χ3n) is 5.65. The molecule has 2 aliphatic heterocycles. The Labute approximate surface area is 168 Å². The zero-order valence-electron chi connectivity index (χ0n) is 18.0. The van der Waals surface area contributed by atoms with E-state index in [1.807, 2.05) is 18.7 Å². The molecule has 0 bridgehead atoms. The standard InChI is InChI=1S/C22H32N4O2/c1-14(2)19-20(25-7-9-26(10-8-25)21(27)15(3)4)17(12-23)16-11-22(5,6)28-13-18(16)24-19/h14-15H,7-11,13H2,1-6H3. The van der Waals surface area contributed by atoms with Crippen LogP contribution >= 0.6 is 0 Å².